The predicted octanol–water partition coefficient (Wildman–Crippen LogP) is 5.34. The lowest BCUT2D eigenvalue weighted by Gasteiger charge is -2.36. The lowest BCUT2D eigenvalue weighted by molar-refractivity contribution is 0.318. The maximum absolute atomic E-state index is 2.42. The molecule has 0 nitrogen and oxygen atoms in total. The molecule has 0 heterocycles. The molecule has 0 aliphatic heterocycles. The summed E-state index contributed by atoms with van der Waals surface area (Å²) in [5.74, 6) is 0. The Hall–Kier alpha value is -0.260. The number of rotatable bonds is 2. The van der Waals surface area contributed by atoms with E-state index >= 15 is 0 Å². The van der Waals surface area contributed by atoms with Gasteiger partial charge < -0.3 is 0 Å². The minimum absolute atomic E-state index is 0.466. The summed E-state index contributed by atoms with van der Waals surface area (Å²) in [6.07, 6.45) is 6.73. The van der Waals surface area contributed by atoms with E-state index in [1.54, 1.807) is 11.1 Å². The first-order valence-electron chi connectivity index (χ1n) is 6.41. The maximum Gasteiger partial charge on any atom is -0.0142 e. The summed E-state index contributed by atoms with van der Waals surface area (Å²) in [6.45, 7) is 14.2. The molecule has 0 atom stereocenters. The maximum atomic E-state index is 2.42. The van der Waals surface area contributed by atoms with Gasteiger partial charge in [-0.25, -0.2) is 0 Å². The SMILES string of the molecule is CC1=C(CCC(C)(C)C)C(C)(C)CCC1. The summed E-state index contributed by atoms with van der Waals surface area (Å²) in [4.78, 5) is 0. The van der Waals surface area contributed by atoms with Crippen LogP contribution in [0.25, 0.3) is 0 Å². The van der Waals surface area contributed by atoms with Crippen molar-refractivity contribution in [2.24, 2.45) is 10.8 Å². The molecule has 0 N–H and O–H groups in total. The summed E-state index contributed by atoms with van der Waals surface area (Å²) in [5.41, 5.74) is 4.37. The second-order valence-corrected chi connectivity index (χ2v) is 7.06. The predicted molar refractivity (Wildman–Crippen MR) is 69.0 cm³/mol. The zero-order chi connectivity index (χ0) is 11.7. The molecule has 0 heteroatoms. The first kappa shape index (κ1) is 12.8. The van der Waals surface area contributed by atoms with Crippen LogP contribution in [0.2, 0.25) is 0 Å². The second-order valence-electron chi connectivity index (χ2n) is 7.06. The molecule has 0 aromatic heterocycles. The van der Waals surface area contributed by atoms with Crippen LogP contribution in [-0.2, 0) is 0 Å². The van der Waals surface area contributed by atoms with Gasteiger partial charge in [0.15, 0.2) is 0 Å². The molecule has 0 unspecified atom stereocenters. The zero-order valence-electron chi connectivity index (χ0n) is 11.5. The Balaban J connectivity index is 2.73. The Kier molecular flexibility index (Phi) is 3.68. The fraction of sp³-hybridized carbons (Fsp3) is 0.867. The average molecular weight is 208 g/mol. The van der Waals surface area contributed by atoms with Crippen LogP contribution in [0.4, 0.5) is 0 Å². The highest BCUT2D eigenvalue weighted by atomic mass is 14.3. The highest BCUT2D eigenvalue weighted by Gasteiger charge is 2.28. The fourth-order valence-corrected chi connectivity index (χ4v) is 2.73. The lowest BCUT2D eigenvalue weighted by Crippen LogP contribution is -2.21. The van der Waals surface area contributed by atoms with Crippen LogP contribution >= 0.6 is 0 Å². The molecule has 0 aromatic rings. The second kappa shape index (κ2) is 4.31. The van der Waals surface area contributed by atoms with Crippen molar-refractivity contribution in [3.8, 4) is 0 Å². The Bertz CT molecular complexity index is 248. The molecule has 0 amide bonds. The van der Waals surface area contributed by atoms with Gasteiger partial charge in [0.1, 0.15) is 0 Å². The third kappa shape index (κ3) is 3.66. The van der Waals surface area contributed by atoms with Crippen LogP contribution in [0.5, 0.6) is 0 Å². The van der Waals surface area contributed by atoms with Crippen LogP contribution in [0.1, 0.15) is 73.6 Å². The van der Waals surface area contributed by atoms with E-state index in [9.17, 15) is 0 Å². The zero-order valence-corrected chi connectivity index (χ0v) is 11.5. The van der Waals surface area contributed by atoms with E-state index < -0.39 is 0 Å². The summed E-state index contributed by atoms with van der Waals surface area (Å²) < 4.78 is 0. The van der Waals surface area contributed by atoms with Gasteiger partial charge in [-0.05, 0) is 49.9 Å². The third-order valence-electron chi connectivity index (χ3n) is 3.81. The van der Waals surface area contributed by atoms with Gasteiger partial charge in [-0.3, -0.25) is 0 Å². The average Bonchev–Trinajstić information content (AvgIpc) is 1.99. The van der Waals surface area contributed by atoms with Crippen molar-refractivity contribution in [1.82, 2.24) is 0 Å². The van der Waals surface area contributed by atoms with Crippen molar-refractivity contribution in [3.05, 3.63) is 11.1 Å². The van der Waals surface area contributed by atoms with Crippen molar-refractivity contribution < 1.29 is 0 Å². The minimum atomic E-state index is 0.466. The first-order valence-corrected chi connectivity index (χ1v) is 6.41. The summed E-state index contributed by atoms with van der Waals surface area (Å²) in [7, 11) is 0. The largest absolute Gasteiger partial charge is 0.0736 e. The third-order valence-corrected chi connectivity index (χ3v) is 3.81. The van der Waals surface area contributed by atoms with Crippen LogP contribution in [0.3, 0.4) is 0 Å². The van der Waals surface area contributed by atoms with E-state index in [-0.39, 0.29) is 0 Å². The number of allylic oxidation sites excluding steroid dienone is 2. The molecule has 1 rings (SSSR count). The van der Waals surface area contributed by atoms with Crippen molar-refractivity contribution in [2.45, 2.75) is 73.6 Å². The topological polar surface area (TPSA) is 0 Å². The molecule has 1 aliphatic rings. The van der Waals surface area contributed by atoms with E-state index in [0.717, 1.165) is 0 Å². The fourth-order valence-electron chi connectivity index (χ4n) is 2.73. The van der Waals surface area contributed by atoms with E-state index in [0.29, 0.717) is 10.8 Å². The van der Waals surface area contributed by atoms with E-state index in [1.165, 1.54) is 32.1 Å². The van der Waals surface area contributed by atoms with Crippen molar-refractivity contribution in [3.63, 3.8) is 0 Å². The van der Waals surface area contributed by atoms with E-state index in [2.05, 4.69) is 41.5 Å². The van der Waals surface area contributed by atoms with Crippen molar-refractivity contribution in [2.75, 3.05) is 0 Å². The highest BCUT2D eigenvalue weighted by Crippen LogP contribution is 2.43. The molecule has 15 heavy (non-hydrogen) atoms. The Morgan fingerprint density at radius 3 is 2.27 bits per heavy atom. The van der Waals surface area contributed by atoms with Gasteiger partial charge in [0.05, 0.1) is 0 Å². The van der Waals surface area contributed by atoms with Gasteiger partial charge in [0.25, 0.3) is 0 Å². The monoisotopic (exact) mass is 208 g/mol. The minimum Gasteiger partial charge on any atom is -0.0736 e. The molecule has 0 aromatic carbocycles. The van der Waals surface area contributed by atoms with E-state index in [1.807, 2.05) is 0 Å². The molecule has 0 spiro atoms. The molecule has 0 bridgehead atoms. The van der Waals surface area contributed by atoms with Crippen LogP contribution in [0.15, 0.2) is 11.1 Å². The standard InChI is InChI=1S/C15H28/c1-12-8-7-10-15(5,6)13(12)9-11-14(2,3)4/h7-11H2,1-6H3. The van der Waals surface area contributed by atoms with Crippen molar-refractivity contribution >= 4 is 0 Å². The summed E-state index contributed by atoms with van der Waals surface area (Å²) >= 11 is 0. The first-order chi connectivity index (χ1) is 6.72. The number of hydrogen-bond donors (Lipinski definition) is 0. The molecule has 88 valence electrons. The van der Waals surface area contributed by atoms with Gasteiger partial charge in [-0.2, -0.15) is 0 Å². The van der Waals surface area contributed by atoms with Crippen LogP contribution in [0, 0.1) is 10.8 Å². The molecule has 0 saturated carbocycles. The van der Waals surface area contributed by atoms with E-state index in [4.69, 9.17) is 0 Å². The lowest BCUT2D eigenvalue weighted by atomic mass is 9.70. The summed E-state index contributed by atoms with van der Waals surface area (Å²) in [5, 5.41) is 0. The molecule has 0 fully saturated rings. The van der Waals surface area contributed by atoms with Crippen LogP contribution < -0.4 is 0 Å². The summed E-state index contributed by atoms with van der Waals surface area (Å²) in [6, 6.07) is 0. The quantitative estimate of drug-likeness (QED) is 0.537. The molecular weight excluding hydrogens is 180 g/mol. The molecule has 0 saturated heterocycles. The molecule has 0 radical (unpaired) electrons. The Morgan fingerprint density at radius 1 is 1.20 bits per heavy atom. The Labute approximate surface area is 96.2 Å². The van der Waals surface area contributed by atoms with Crippen molar-refractivity contribution in [1.29, 1.82) is 0 Å². The highest BCUT2D eigenvalue weighted by molar-refractivity contribution is 5.22. The smallest absolute Gasteiger partial charge is 0.0142 e. The number of hydrogen-bond acceptors (Lipinski definition) is 0. The molecule has 1 aliphatic carbocycles. The van der Waals surface area contributed by atoms with Gasteiger partial charge in [-0.15, -0.1) is 0 Å². The van der Waals surface area contributed by atoms with Gasteiger partial charge in [0.2, 0.25) is 0 Å². The normalized spacial score (nSPS) is 22.0. The van der Waals surface area contributed by atoms with Gasteiger partial charge >= 0.3 is 0 Å². The van der Waals surface area contributed by atoms with Crippen LogP contribution in [-0.4, -0.2) is 0 Å². The van der Waals surface area contributed by atoms with Gasteiger partial charge in [0, 0.05) is 0 Å². The molecular formula is C15H28. The van der Waals surface area contributed by atoms with Gasteiger partial charge in [-0.1, -0.05) is 45.8 Å². The Morgan fingerprint density at radius 2 is 1.80 bits per heavy atom.